The van der Waals surface area contributed by atoms with Crippen LogP contribution in [0.15, 0.2) is 34.5 Å². The fourth-order valence-corrected chi connectivity index (χ4v) is 3.51. The molecule has 1 aromatic carbocycles. The number of hydrogen-bond acceptors (Lipinski definition) is 7. The topological polar surface area (TPSA) is 113 Å². The van der Waals surface area contributed by atoms with Gasteiger partial charge in [-0.25, -0.2) is 0 Å². The van der Waals surface area contributed by atoms with E-state index in [4.69, 9.17) is 16.3 Å². The van der Waals surface area contributed by atoms with Crippen molar-refractivity contribution in [3.8, 4) is 5.75 Å². The lowest BCUT2D eigenvalue weighted by atomic mass is 9.99. The molecule has 0 saturated carbocycles. The third-order valence-corrected chi connectivity index (χ3v) is 5.22. The number of aliphatic imine (C=N–C) groups is 2. The Balaban J connectivity index is 1.58. The smallest absolute Gasteiger partial charge is 0.251 e. The summed E-state index contributed by atoms with van der Waals surface area (Å²) in [7, 11) is 3.11. The minimum absolute atomic E-state index is 0.0572. The highest BCUT2D eigenvalue weighted by molar-refractivity contribution is 6.33. The van der Waals surface area contributed by atoms with Crippen molar-refractivity contribution < 1.29 is 14.6 Å². The van der Waals surface area contributed by atoms with Gasteiger partial charge in [0, 0.05) is 37.2 Å². The Kier molecular flexibility index (Phi) is 7.64. The Morgan fingerprint density at radius 2 is 2.10 bits per heavy atom. The van der Waals surface area contributed by atoms with Crippen molar-refractivity contribution >= 4 is 35.6 Å². The van der Waals surface area contributed by atoms with Gasteiger partial charge in [0.1, 0.15) is 5.75 Å². The third-order valence-electron chi connectivity index (χ3n) is 4.79. The number of methoxy groups -OCH3 is 1. The molecule has 1 aliphatic rings. The second-order valence-electron chi connectivity index (χ2n) is 7.35. The molecule has 2 aromatic rings. The van der Waals surface area contributed by atoms with Gasteiger partial charge in [0.05, 0.1) is 36.7 Å². The van der Waals surface area contributed by atoms with Crippen molar-refractivity contribution in [2.75, 3.05) is 19.5 Å². The molecule has 1 aromatic heterocycles. The van der Waals surface area contributed by atoms with E-state index in [1.54, 1.807) is 43.2 Å². The van der Waals surface area contributed by atoms with Gasteiger partial charge in [0.15, 0.2) is 0 Å². The van der Waals surface area contributed by atoms with E-state index in [9.17, 15) is 9.90 Å². The molecule has 0 saturated heterocycles. The highest BCUT2D eigenvalue weighted by Crippen LogP contribution is 2.31. The molecule has 31 heavy (non-hydrogen) atoms. The number of anilines is 1. The van der Waals surface area contributed by atoms with E-state index >= 15 is 0 Å². The lowest BCUT2D eigenvalue weighted by molar-refractivity contribution is 0.0962. The van der Waals surface area contributed by atoms with Crippen LogP contribution in [0.4, 0.5) is 5.69 Å². The fourth-order valence-electron chi connectivity index (χ4n) is 3.23. The molecule has 0 spiro atoms. The molecule has 3 N–H and O–H groups in total. The molecule has 0 fully saturated rings. The number of benzene rings is 1. The predicted molar refractivity (Wildman–Crippen MR) is 122 cm³/mol. The Morgan fingerprint density at radius 1 is 1.35 bits per heavy atom. The first kappa shape index (κ1) is 22.8. The maximum Gasteiger partial charge on any atom is 0.251 e. The maximum atomic E-state index is 12.0. The number of carbonyl (C=O) groups excluding carboxylic acids is 1. The van der Waals surface area contributed by atoms with Crippen LogP contribution in [0, 0.1) is 5.92 Å². The monoisotopic (exact) mass is 446 g/mol. The Morgan fingerprint density at radius 3 is 2.74 bits per heavy atom. The van der Waals surface area contributed by atoms with Crippen molar-refractivity contribution in [1.82, 2.24) is 15.1 Å². The summed E-state index contributed by atoms with van der Waals surface area (Å²) in [5.74, 6) is 0.341. The van der Waals surface area contributed by atoms with Crippen molar-refractivity contribution in [2.24, 2.45) is 15.9 Å². The molecule has 1 aliphatic heterocycles. The molecule has 0 radical (unpaired) electrons. The number of nitrogens with one attached hydrogen (secondary N) is 2. The van der Waals surface area contributed by atoms with Crippen molar-refractivity contribution in [2.45, 2.75) is 38.7 Å². The van der Waals surface area contributed by atoms with E-state index < -0.39 is 12.4 Å². The number of halogens is 1. The van der Waals surface area contributed by atoms with E-state index in [1.165, 1.54) is 7.11 Å². The molecular weight excluding hydrogens is 420 g/mol. The van der Waals surface area contributed by atoms with Gasteiger partial charge in [-0.15, -0.1) is 0 Å². The zero-order valence-electron chi connectivity index (χ0n) is 17.7. The van der Waals surface area contributed by atoms with Crippen LogP contribution >= 0.6 is 11.6 Å². The molecule has 1 unspecified atom stereocenters. The molecular formula is C21H27ClN6O3. The van der Waals surface area contributed by atoms with Crippen LogP contribution in [0.5, 0.6) is 5.75 Å². The molecule has 1 amide bonds. The molecule has 0 aliphatic carbocycles. The van der Waals surface area contributed by atoms with Crippen molar-refractivity contribution in [1.29, 1.82) is 0 Å². The van der Waals surface area contributed by atoms with Crippen LogP contribution in [-0.4, -0.2) is 59.8 Å². The number of aryl methyl sites for hydroxylation is 1. The molecule has 1 atom stereocenters. The van der Waals surface area contributed by atoms with Crippen molar-refractivity contribution in [3.63, 3.8) is 0 Å². The predicted octanol–water partition coefficient (Wildman–Crippen LogP) is 2.39. The van der Waals surface area contributed by atoms with Crippen LogP contribution < -0.4 is 15.4 Å². The highest BCUT2D eigenvalue weighted by Gasteiger charge is 2.17. The summed E-state index contributed by atoms with van der Waals surface area (Å²) in [5, 5.41) is 19.9. The van der Waals surface area contributed by atoms with E-state index in [0.29, 0.717) is 29.3 Å². The highest BCUT2D eigenvalue weighted by atomic mass is 35.5. The molecule has 9 nitrogen and oxygen atoms in total. The number of nitrogens with zero attached hydrogens (tertiary/aromatic N) is 4. The van der Waals surface area contributed by atoms with Gasteiger partial charge < -0.3 is 20.5 Å². The second kappa shape index (κ2) is 10.4. The summed E-state index contributed by atoms with van der Waals surface area (Å²) < 4.78 is 6.98. The fraction of sp³-hybridized carbons (Fsp3) is 0.429. The molecule has 0 bridgehead atoms. The first-order valence-electron chi connectivity index (χ1n) is 10.0. The van der Waals surface area contributed by atoms with Gasteiger partial charge in [0.25, 0.3) is 5.91 Å². The largest absolute Gasteiger partial charge is 0.495 e. The van der Waals surface area contributed by atoms with Gasteiger partial charge in [0.2, 0.25) is 6.29 Å². The standard InChI is InChI=1S/C21H27ClN6O3/c1-13(29)11-28-12-17(10-26-28)27-21-24-8-14(9-25-21)4-5-15-6-16(20(30)23-2)7-18(31-3)19(15)22/h6-10,12-14,21,27,29H,4-5,11H2,1-3H3,(H,23,30). The number of carbonyl (C=O) groups is 1. The van der Waals surface area contributed by atoms with E-state index in [1.807, 2.05) is 12.4 Å². The quantitative estimate of drug-likeness (QED) is 0.547. The first-order chi connectivity index (χ1) is 14.9. The number of rotatable bonds is 9. The number of aliphatic hydroxyl groups excluding tert-OH is 1. The minimum atomic E-state index is -0.468. The number of hydrogen-bond donors (Lipinski definition) is 3. The Bertz CT molecular complexity index is 958. The second-order valence-corrected chi connectivity index (χ2v) is 7.73. The Labute approximate surface area is 186 Å². The number of aromatic nitrogens is 2. The van der Waals surface area contributed by atoms with Gasteiger partial charge >= 0.3 is 0 Å². The van der Waals surface area contributed by atoms with Gasteiger partial charge in [-0.1, -0.05) is 11.6 Å². The molecule has 3 rings (SSSR count). The zero-order chi connectivity index (χ0) is 22.4. The maximum absolute atomic E-state index is 12.0. The minimum Gasteiger partial charge on any atom is -0.495 e. The van der Waals surface area contributed by atoms with E-state index in [2.05, 4.69) is 25.7 Å². The van der Waals surface area contributed by atoms with E-state index in [0.717, 1.165) is 17.7 Å². The Hall–Kier alpha value is -2.91. The van der Waals surface area contributed by atoms with Gasteiger partial charge in [-0.3, -0.25) is 19.5 Å². The van der Waals surface area contributed by atoms with Gasteiger partial charge in [-0.2, -0.15) is 5.10 Å². The molecule has 2 heterocycles. The summed E-state index contributed by atoms with van der Waals surface area (Å²) in [6, 6.07) is 3.42. The summed E-state index contributed by atoms with van der Waals surface area (Å²) in [4.78, 5) is 20.9. The first-order valence-corrected chi connectivity index (χ1v) is 10.4. The average Bonchev–Trinajstić information content (AvgIpc) is 3.19. The van der Waals surface area contributed by atoms with Crippen LogP contribution in [0.3, 0.4) is 0 Å². The zero-order valence-corrected chi connectivity index (χ0v) is 18.5. The van der Waals surface area contributed by atoms with E-state index in [-0.39, 0.29) is 11.8 Å². The average molecular weight is 447 g/mol. The SMILES string of the molecule is CNC(=O)c1cc(CCC2C=NC(Nc3cnn(CC(C)O)c3)N=C2)c(Cl)c(OC)c1. The lowest BCUT2D eigenvalue weighted by Gasteiger charge is -2.17. The van der Waals surface area contributed by atoms with Gasteiger partial charge in [-0.05, 0) is 37.5 Å². The van der Waals surface area contributed by atoms with Crippen LogP contribution in [0.1, 0.15) is 29.3 Å². The molecule has 166 valence electrons. The molecule has 10 heteroatoms. The summed E-state index contributed by atoms with van der Waals surface area (Å²) in [5.41, 5.74) is 2.13. The van der Waals surface area contributed by atoms with Crippen LogP contribution in [0.2, 0.25) is 5.02 Å². The number of ether oxygens (including phenoxy) is 1. The lowest BCUT2D eigenvalue weighted by Crippen LogP contribution is -2.22. The summed E-state index contributed by atoms with van der Waals surface area (Å²) >= 11 is 6.44. The van der Waals surface area contributed by atoms with Crippen LogP contribution in [-0.2, 0) is 13.0 Å². The summed E-state index contributed by atoms with van der Waals surface area (Å²) in [6.07, 6.45) is 7.70. The van der Waals surface area contributed by atoms with Crippen LogP contribution in [0.25, 0.3) is 0 Å². The normalized spacial score (nSPS) is 18.6. The van der Waals surface area contributed by atoms with Crippen molar-refractivity contribution in [3.05, 3.63) is 40.7 Å². The summed E-state index contributed by atoms with van der Waals surface area (Å²) in [6.45, 7) is 2.14. The third kappa shape index (κ3) is 6.05. The number of aliphatic hydroxyl groups is 1. The number of amides is 1.